The van der Waals surface area contributed by atoms with Gasteiger partial charge < -0.3 is 15.8 Å². The molecule has 0 aliphatic heterocycles. The van der Waals surface area contributed by atoms with E-state index in [0.29, 0.717) is 22.0 Å². The highest BCUT2D eigenvalue weighted by atomic mass is 79.9. The molecule has 0 unspecified atom stereocenters. The molecule has 0 bridgehead atoms. The van der Waals surface area contributed by atoms with E-state index < -0.39 is 0 Å². The first-order valence-electron chi connectivity index (χ1n) is 5.09. The number of rotatable bonds is 3. The number of methoxy groups -OCH3 is 1. The Bertz CT molecular complexity index is 583. The van der Waals surface area contributed by atoms with Crippen LogP contribution in [0.1, 0.15) is 9.67 Å². The number of nitrogens with one attached hydrogen (secondary N) is 1. The summed E-state index contributed by atoms with van der Waals surface area (Å²) in [7, 11) is 1.57. The van der Waals surface area contributed by atoms with Gasteiger partial charge in [-0.25, -0.2) is 0 Å². The van der Waals surface area contributed by atoms with Gasteiger partial charge in [-0.15, -0.1) is 11.3 Å². The number of thiophene rings is 1. The third-order valence-corrected chi connectivity index (χ3v) is 3.92. The van der Waals surface area contributed by atoms with Crippen molar-refractivity contribution in [3.8, 4) is 5.75 Å². The number of carbonyl (C=O) groups excluding carboxylic acids is 1. The van der Waals surface area contributed by atoms with Gasteiger partial charge in [-0.3, -0.25) is 4.79 Å². The summed E-state index contributed by atoms with van der Waals surface area (Å²) in [5.74, 6) is 0.505. The van der Waals surface area contributed by atoms with Crippen molar-refractivity contribution in [1.29, 1.82) is 0 Å². The van der Waals surface area contributed by atoms with E-state index in [1.165, 1.54) is 11.3 Å². The van der Waals surface area contributed by atoms with Gasteiger partial charge in [0.05, 0.1) is 12.0 Å². The molecule has 1 aromatic carbocycles. The van der Waals surface area contributed by atoms with Crippen molar-refractivity contribution in [3.05, 3.63) is 39.0 Å². The minimum Gasteiger partial charge on any atom is -0.496 e. The average molecular weight is 327 g/mol. The SMILES string of the molecule is COc1csc(C(=O)Nc2ccc(Br)c(N)c2)c1. The monoisotopic (exact) mass is 326 g/mol. The van der Waals surface area contributed by atoms with Crippen molar-refractivity contribution in [2.75, 3.05) is 18.2 Å². The number of benzene rings is 1. The number of carbonyl (C=O) groups is 1. The summed E-state index contributed by atoms with van der Waals surface area (Å²) >= 11 is 4.63. The molecule has 0 spiro atoms. The zero-order chi connectivity index (χ0) is 13.1. The molecule has 0 saturated heterocycles. The van der Waals surface area contributed by atoms with Gasteiger partial charge in [0.1, 0.15) is 5.75 Å². The van der Waals surface area contributed by atoms with Crippen LogP contribution in [-0.2, 0) is 0 Å². The standard InChI is InChI=1S/C12H11BrN2O2S/c1-17-8-5-11(18-6-8)12(16)15-7-2-3-9(13)10(14)4-7/h2-6H,14H2,1H3,(H,15,16). The van der Waals surface area contributed by atoms with Gasteiger partial charge in [-0.05, 0) is 34.1 Å². The van der Waals surface area contributed by atoms with Crippen molar-refractivity contribution in [1.82, 2.24) is 0 Å². The third kappa shape index (κ3) is 2.83. The van der Waals surface area contributed by atoms with Gasteiger partial charge in [0.2, 0.25) is 0 Å². The number of hydrogen-bond acceptors (Lipinski definition) is 4. The van der Waals surface area contributed by atoms with E-state index in [-0.39, 0.29) is 5.91 Å². The highest BCUT2D eigenvalue weighted by Crippen LogP contribution is 2.25. The Morgan fingerprint density at radius 2 is 2.22 bits per heavy atom. The second-order valence-electron chi connectivity index (χ2n) is 3.54. The number of hydrogen-bond donors (Lipinski definition) is 2. The Morgan fingerprint density at radius 3 is 2.83 bits per heavy atom. The molecule has 0 fully saturated rings. The predicted molar refractivity (Wildman–Crippen MR) is 77.4 cm³/mol. The van der Waals surface area contributed by atoms with Crippen LogP contribution in [0.25, 0.3) is 0 Å². The topological polar surface area (TPSA) is 64.3 Å². The first kappa shape index (κ1) is 12.9. The molecule has 0 atom stereocenters. The Morgan fingerprint density at radius 1 is 1.44 bits per heavy atom. The van der Waals surface area contributed by atoms with Crippen LogP contribution in [0, 0.1) is 0 Å². The first-order valence-corrected chi connectivity index (χ1v) is 6.76. The third-order valence-electron chi connectivity index (χ3n) is 2.29. The summed E-state index contributed by atoms with van der Waals surface area (Å²) in [5.41, 5.74) is 6.99. The minimum absolute atomic E-state index is 0.176. The van der Waals surface area contributed by atoms with Crippen LogP contribution in [0.3, 0.4) is 0 Å². The second kappa shape index (κ2) is 5.41. The van der Waals surface area contributed by atoms with E-state index >= 15 is 0 Å². The molecule has 0 saturated carbocycles. The van der Waals surface area contributed by atoms with Crippen molar-refractivity contribution < 1.29 is 9.53 Å². The van der Waals surface area contributed by atoms with Crippen molar-refractivity contribution in [2.24, 2.45) is 0 Å². The van der Waals surface area contributed by atoms with Gasteiger partial charge in [0, 0.05) is 27.3 Å². The molecule has 0 aliphatic carbocycles. The summed E-state index contributed by atoms with van der Waals surface area (Å²) < 4.78 is 5.84. The summed E-state index contributed by atoms with van der Waals surface area (Å²) in [6.45, 7) is 0. The highest BCUT2D eigenvalue weighted by Gasteiger charge is 2.10. The Kier molecular flexibility index (Phi) is 3.88. The molecule has 3 N–H and O–H groups in total. The van der Waals surface area contributed by atoms with E-state index in [0.717, 1.165) is 4.47 Å². The van der Waals surface area contributed by atoms with E-state index in [1.54, 1.807) is 36.8 Å². The Hall–Kier alpha value is -1.53. The number of halogens is 1. The lowest BCUT2D eigenvalue weighted by Crippen LogP contribution is -2.10. The number of anilines is 2. The van der Waals surface area contributed by atoms with Gasteiger partial charge in [0.25, 0.3) is 5.91 Å². The van der Waals surface area contributed by atoms with Crippen LogP contribution in [0.5, 0.6) is 5.75 Å². The quantitative estimate of drug-likeness (QED) is 0.850. The molecular weight excluding hydrogens is 316 g/mol. The zero-order valence-electron chi connectivity index (χ0n) is 9.57. The highest BCUT2D eigenvalue weighted by molar-refractivity contribution is 9.10. The van der Waals surface area contributed by atoms with Crippen molar-refractivity contribution in [3.63, 3.8) is 0 Å². The van der Waals surface area contributed by atoms with Gasteiger partial charge in [-0.1, -0.05) is 0 Å². The molecule has 1 heterocycles. The average Bonchev–Trinajstić information content (AvgIpc) is 2.82. The number of amides is 1. The van der Waals surface area contributed by atoms with E-state index in [2.05, 4.69) is 21.2 Å². The molecular formula is C12H11BrN2O2S. The summed E-state index contributed by atoms with van der Waals surface area (Å²) in [5, 5.41) is 4.56. The molecule has 18 heavy (non-hydrogen) atoms. The summed E-state index contributed by atoms with van der Waals surface area (Å²) in [4.78, 5) is 12.5. The maximum Gasteiger partial charge on any atom is 0.265 e. The van der Waals surface area contributed by atoms with Crippen LogP contribution < -0.4 is 15.8 Å². The minimum atomic E-state index is -0.176. The number of ether oxygens (including phenoxy) is 1. The summed E-state index contributed by atoms with van der Waals surface area (Å²) in [6, 6.07) is 6.97. The molecule has 1 aromatic heterocycles. The van der Waals surface area contributed by atoms with Crippen LogP contribution in [0.4, 0.5) is 11.4 Å². The fourth-order valence-corrected chi connectivity index (χ4v) is 2.36. The molecule has 4 nitrogen and oxygen atoms in total. The van der Waals surface area contributed by atoms with E-state index in [9.17, 15) is 4.79 Å². The molecule has 2 rings (SSSR count). The Balaban J connectivity index is 2.13. The molecule has 2 aromatic rings. The van der Waals surface area contributed by atoms with Crippen LogP contribution in [-0.4, -0.2) is 13.0 Å². The van der Waals surface area contributed by atoms with Crippen molar-refractivity contribution in [2.45, 2.75) is 0 Å². The van der Waals surface area contributed by atoms with Crippen LogP contribution in [0.2, 0.25) is 0 Å². The smallest absolute Gasteiger partial charge is 0.265 e. The fourth-order valence-electron chi connectivity index (χ4n) is 1.36. The normalized spacial score (nSPS) is 10.1. The first-order chi connectivity index (χ1) is 8.60. The van der Waals surface area contributed by atoms with Gasteiger partial charge >= 0.3 is 0 Å². The number of nitrogens with two attached hydrogens (primary N) is 1. The summed E-state index contributed by atoms with van der Waals surface area (Å²) in [6.07, 6.45) is 0. The van der Waals surface area contributed by atoms with Gasteiger partial charge in [0.15, 0.2) is 0 Å². The molecule has 0 aliphatic rings. The maximum absolute atomic E-state index is 11.9. The lowest BCUT2D eigenvalue weighted by atomic mass is 10.3. The molecule has 1 amide bonds. The largest absolute Gasteiger partial charge is 0.496 e. The second-order valence-corrected chi connectivity index (χ2v) is 5.31. The van der Waals surface area contributed by atoms with Crippen LogP contribution >= 0.6 is 27.3 Å². The van der Waals surface area contributed by atoms with Crippen molar-refractivity contribution >= 4 is 44.5 Å². The van der Waals surface area contributed by atoms with Crippen LogP contribution in [0.15, 0.2) is 34.1 Å². The lowest BCUT2D eigenvalue weighted by Gasteiger charge is -2.05. The molecule has 94 valence electrons. The lowest BCUT2D eigenvalue weighted by molar-refractivity contribution is 0.103. The molecule has 6 heteroatoms. The Labute approximate surface area is 117 Å². The van der Waals surface area contributed by atoms with Gasteiger partial charge in [-0.2, -0.15) is 0 Å². The zero-order valence-corrected chi connectivity index (χ0v) is 12.0. The predicted octanol–water partition coefficient (Wildman–Crippen LogP) is 3.35. The maximum atomic E-state index is 11.9. The number of nitrogen functional groups attached to an aromatic ring is 1. The fraction of sp³-hybridized carbons (Fsp3) is 0.0833. The van der Waals surface area contributed by atoms with E-state index in [1.807, 2.05) is 0 Å². The van der Waals surface area contributed by atoms with E-state index in [4.69, 9.17) is 10.5 Å². The molecule has 0 radical (unpaired) electrons.